The molecule has 1 aliphatic rings. The number of carbonyl (C=O) groups excluding carboxylic acids is 1. The molecule has 0 aromatic carbocycles. The molecule has 118 valence electrons. The largest absolute Gasteiger partial charge is 0.463 e. The normalized spacial score (nSPS) is 20.2. The molecule has 0 aliphatic carbocycles. The van der Waals surface area contributed by atoms with Gasteiger partial charge in [-0.05, 0) is 50.4 Å². The van der Waals surface area contributed by atoms with Gasteiger partial charge in [0.2, 0.25) is 5.76 Å². The number of hydrogen-bond acceptors (Lipinski definition) is 4. The van der Waals surface area contributed by atoms with E-state index in [-0.39, 0.29) is 11.8 Å². The Morgan fingerprint density at radius 2 is 1.95 bits per heavy atom. The number of nitrogens with zero attached hydrogens (tertiary/aromatic N) is 1. The van der Waals surface area contributed by atoms with Gasteiger partial charge in [0.05, 0.1) is 13.2 Å². The zero-order chi connectivity index (χ0) is 15.5. The van der Waals surface area contributed by atoms with Crippen molar-refractivity contribution in [3.05, 3.63) is 23.7 Å². The maximum absolute atomic E-state index is 11.5. The van der Waals surface area contributed by atoms with Crippen LogP contribution in [0.25, 0.3) is 0 Å². The third kappa shape index (κ3) is 3.31. The van der Waals surface area contributed by atoms with Gasteiger partial charge in [-0.25, -0.2) is 4.79 Å². The second-order valence-corrected chi connectivity index (χ2v) is 6.11. The molecule has 1 atom stereocenters. The Bertz CT molecular complexity index is 466. The van der Waals surface area contributed by atoms with Crippen LogP contribution in [0.5, 0.6) is 0 Å². The Balaban J connectivity index is 2.00. The summed E-state index contributed by atoms with van der Waals surface area (Å²) in [5.41, 5.74) is 0.524. The van der Waals surface area contributed by atoms with E-state index in [0.29, 0.717) is 5.41 Å². The molecule has 21 heavy (non-hydrogen) atoms. The molecule has 4 heteroatoms. The van der Waals surface area contributed by atoms with Crippen LogP contribution in [0.2, 0.25) is 0 Å². The van der Waals surface area contributed by atoms with E-state index in [0.717, 1.165) is 18.8 Å². The summed E-state index contributed by atoms with van der Waals surface area (Å²) in [7, 11) is 1.37. The number of hydrogen-bond donors (Lipinski definition) is 0. The predicted octanol–water partition coefficient (Wildman–Crippen LogP) is 4.03. The maximum atomic E-state index is 11.5. The first-order valence-corrected chi connectivity index (χ1v) is 7.97. The van der Waals surface area contributed by atoms with E-state index >= 15 is 0 Å². The second kappa shape index (κ2) is 6.65. The van der Waals surface area contributed by atoms with Gasteiger partial charge in [-0.15, -0.1) is 0 Å². The van der Waals surface area contributed by atoms with E-state index in [2.05, 4.69) is 30.4 Å². The molecule has 1 fully saturated rings. The number of ether oxygens (including phenoxy) is 1. The van der Waals surface area contributed by atoms with E-state index in [1.54, 1.807) is 6.07 Å². The summed E-state index contributed by atoms with van der Waals surface area (Å²) in [5.74, 6) is 0.715. The summed E-state index contributed by atoms with van der Waals surface area (Å²) in [5, 5.41) is 0. The first-order chi connectivity index (χ1) is 10.0. The number of carbonyl (C=O) groups is 1. The van der Waals surface area contributed by atoms with Crippen molar-refractivity contribution in [2.24, 2.45) is 5.41 Å². The lowest BCUT2D eigenvalue weighted by Crippen LogP contribution is -2.40. The fourth-order valence-corrected chi connectivity index (χ4v) is 3.31. The van der Waals surface area contributed by atoms with Crippen LogP contribution in [0.3, 0.4) is 0 Å². The Kier molecular flexibility index (Phi) is 5.09. The van der Waals surface area contributed by atoms with Crippen molar-refractivity contribution in [2.45, 2.75) is 52.5 Å². The van der Waals surface area contributed by atoms with Crippen LogP contribution in [0.1, 0.15) is 68.8 Å². The maximum Gasteiger partial charge on any atom is 0.373 e. The van der Waals surface area contributed by atoms with Crippen LogP contribution in [0.4, 0.5) is 0 Å². The minimum Gasteiger partial charge on any atom is -0.463 e. The number of furan rings is 1. The molecule has 1 aromatic rings. The first kappa shape index (κ1) is 16.1. The number of methoxy groups -OCH3 is 1. The molecule has 2 heterocycles. The average molecular weight is 293 g/mol. The third-order valence-electron chi connectivity index (χ3n) is 5.33. The van der Waals surface area contributed by atoms with Crippen LogP contribution in [-0.2, 0) is 4.74 Å². The van der Waals surface area contributed by atoms with Crippen molar-refractivity contribution in [1.82, 2.24) is 4.90 Å². The van der Waals surface area contributed by atoms with Crippen molar-refractivity contribution in [2.75, 3.05) is 20.2 Å². The molecular weight excluding hydrogens is 266 g/mol. The zero-order valence-corrected chi connectivity index (χ0v) is 13.6. The molecule has 4 nitrogen and oxygen atoms in total. The minimum absolute atomic E-state index is 0.204. The van der Waals surface area contributed by atoms with Crippen LogP contribution in [0, 0.1) is 5.41 Å². The fraction of sp³-hybridized carbons (Fsp3) is 0.706. The van der Waals surface area contributed by atoms with E-state index in [1.807, 2.05) is 6.07 Å². The van der Waals surface area contributed by atoms with Gasteiger partial charge < -0.3 is 9.15 Å². The molecule has 2 rings (SSSR count). The number of rotatable bonds is 5. The van der Waals surface area contributed by atoms with Gasteiger partial charge in [-0.2, -0.15) is 0 Å². The molecule has 1 aliphatic heterocycles. The molecular formula is C17H27NO3. The fourth-order valence-electron chi connectivity index (χ4n) is 3.31. The van der Waals surface area contributed by atoms with Crippen molar-refractivity contribution in [3.8, 4) is 0 Å². The van der Waals surface area contributed by atoms with Gasteiger partial charge in [0.25, 0.3) is 0 Å². The van der Waals surface area contributed by atoms with Gasteiger partial charge in [-0.1, -0.05) is 26.7 Å². The summed E-state index contributed by atoms with van der Waals surface area (Å²) >= 11 is 0. The molecule has 1 saturated heterocycles. The Labute approximate surface area is 127 Å². The highest BCUT2D eigenvalue weighted by atomic mass is 16.5. The molecule has 1 aromatic heterocycles. The third-order valence-corrected chi connectivity index (χ3v) is 5.33. The van der Waals surface area contributed by atoms with E-state index in [9.17, 15) is 4.79 Å². The van der Waals surface area contributed by atoms with Crippen LogP contribution in [-0.4, -0.2) is 31.1 Å². The Morgan fingerprint density at radius 3 is 2.48 bits per heavy atom. The standard InChI is InChI=1S/C17H27NO3/c1-5-17(6-2)9-11-18(12-10-17)13(3)14-7-8-15(21-14)16(19)20-4/h7-8,13H,5-6,9-12H2,1-4H3. The second-order valence-electron chi connectivity index (χ2n) is 6.11. The summed E-state index contributed by atoms with van der Waals surface area (Å²) in [6, 6.07) is 3.79. The smallest absolute Gasteiger partial charge is 0.373 e. The van der Waals surface area contributed by atoms with Gasteiger partial charge in [0.1, 0.15) is 5.76 Å². The lowest BCUT2D eigenvalue weighted by Gasteiger charge is -2.42. The molecule has 0 radical (unpaired) electrons. The highest BCUT2D eigenvalue weighted by molar-refractivity contribution is 5.86. The van der Waals surface area contributed by atoms with Gasteiger partial charge in [-0.3, -0.25) is 4.90 Å². The van der Waals surface area contributed by atoms with E-state index < -0.39 is 5.97 Å². The van der Waals surface area contributed by atoms with Crippen LogP contribution >= 0.6 is 0 Å². The molecule has 1 unspecified atom stereocenters. The highest BCUT2D eigenvalue weighted by Crippen LogP contribution is 2.40. The molecule has 0 spiro atoms. The van der Waals surface area contributed by atoms with Gasteiger partial charge in [0.15, 0.2) is 0 Å². The number of esters is 1. The first-order valence-electron chi connectivity index (χ1n) is 7.97. The molecule has 0 amide bonds. The summed E-state index contributed by atoms with van der Waals surface area (Å²) in [4.78, 5) is 13.9. The summed E-state index contributed by atoms with van der Waals surface area (Å²) < 4.78 is 10.3. The van der Waals surface area contributed by atoms with Crippen molar-refractivity contribution in [3.63, 3.8) is 0 Å². The summed E-state index contributed by atoms with van der Waals surface area (Å²) in [6.07, 6.45) is 5.02. The number of likely N-dealkylation sites (tertiary alicyclic amines) is 1. The molecule has 0 N–H and O–H groups in total. The molecule has 0 saturated carbocycles. The predicted molar refractivity (Wildman–Crippen MR) is 82.3 cm³/mol. The Hall–Kier alpha value is -1.29. The average Bonchev–Trinajstić information content (AvgIpc) is 3.03. The zero-order valence-electron chi connectivity index (χ0n) is 13.6. The lowest BCUT2D eigenvalue weighted by atomic mass is 9.74. The minimum atomic E-state index is -0.414. The van der Waals surface area contributed by atoms with Crippen LogP contribution in [0.15, 0.2) is 16.5 Å². The molecule has 0 bridgehead atoms. The van der Waals surface area contributed by atoms with Crippen molar-refractivity contribution >= 4 is 5.97 Å². The van der Waals surface area contributed by atoms with Crippen molar-refractivity contribution in [1.29, 1.82) is 0 Å². The highest BCUT2D eigenvalue weighted by Gasteiger charge is 2.33. The number of piperidine rings is 1. The van der Waals surface area contributed by atoms with Gasteiger partial charge >= 0.3 is 5.97 Å². The summed E-state index contributed by atoms with van der Waals surface area (Å²) in [6.45, 7) is 8.94. The lowest BCUT2D eigenvalue weighted by molar-refractivity contribution is 0.0534. The topological polar surface area (TPSA) is 42.7 Å². The van der Waals surface area contributed by atoms with E-state index in [4.69, 9.17) is 4.42 Å². The van der Waals surface area contributed by atoms with E-state index in [1.165, 1.54) is 32.8 Å². The Morgan fingerprint density at radius 1 is 1.33 bits per heavy atom. The van der Waals surface area contributed by atoms with Gasteiger partial charge in [0, 0.05) is 0 Å². The monoisotopic (exact) mass is 293 g/mol. The SMILES string of the molecule is CCC1(CC)CCN(C(C)c2ccc(C(=O)OC)o2)CC1. The van der Waals surface area contributed by atoms with Crippen molar-refractivity contribution < 1.29 is 13.9 Å². The van der Waals surface area contributed by atoms with Crippen LogP contribution < -0.4 is 0 Å². The quantitative estimate of drug-likeness (QED) is 0.769.